The molecule has 226 valence electrons. The van der Waals surface area contributed by atoms with Crippen LogP contribution in [0.2, 0.25) is 0 Å². The summed E-state index contributed by atoms with van der Waals surface area (Å²) < 4.78 is 5.63. The van der Waals surface area contributed by atoms with Gasteiger partial charge in [0.2, 0.25) is 0 Å². The van der Waals surface area contributed by atoms with Crippen molar-refractivity contribution in [3.8, 4) is 11.1 Å². The molecule has 5 aromatic rings. The zero-order chi connectivity index (χ0) is 31.2. The number of alkyl carbamates (subject to hydrolysis) is 1. The highest BCUT2D eigenvalue weighted by atomic mass is 16.5. The van der Waals surface area contributed by atoms with Crippen LogP contribution in [0.5, 0.6) is 0 Å². The van der Waals surface area contributed by atoms with Gasteiger partial charge in [0, 0.05) is 31.1 Å². The Hall–Kier alpha value is -5.36. The van der Waals surface area contributed by atoms with Gasteiger partial charge in [-0.15, -0.1) is 0 Å². The SMILES string of the molecule is Cc1cc(N(Cc2ccccc2)Cc2ccccc2)ccc1CC(NC(=O)OCC1c2ccccc2-c2ccccc21)C(=O)O. The third kappa shape index (κ3) is 6.91. The molecule has 6 nitrogen and oxygen atoms in total. The van der Waals surface area contributed by atoms with Gasteiger partial charge in [-0.1, -0.05) is 115 Å². The number of nitrogens with zero attached hydrogens (tertiary/aromatic N) is 1. The Balaban J connectivity index is 1.13. The highest BCUT2D eigenvalue weighted by Crippen LogP contribution is 2.44. The van der Waals surface area contributed by atoms with Crippen LogP contribution in [-0.4, -0.2) is 29.8 Å². The number of fused-ring (bicyclic) bond motifs is 3. The van der Waals surface area contributed by atoms with Crippen LogP contribution in [0, 0.1) is 6.92 Å². The van der Waals surface area contributed by atoms with Gasteiger partial charge in [-0.3, -0.25) is 0 Å². The second-order valence-corrected chi connectivity index (χ2v) is 11.5. The van der Waals surface area contributed by atoms with Gasteiger partial charge in [0.25, 0.3) is 0 Å². The van der Waals surface area contributed by atoms with Gasteiger partial charge >= 0.3 is 12.1 Å². The van der Waals surface area contributed by atoms with Gasteiger partial charge in [0.15, 0.2) is 0 Å². The zero-order valence-corrected chi connectivity index (χ0v) is 25.2. The minimum absolute atomic E-state index is 0.101. The molecule has 6 heteroatoms. The number of carbonyl (C=O) groups is 2. The minimum Gasteiger partial charge on any atom is -0.480 e. The Kier molecular flexibility index (Phi) is 8.92. The van der Waals surface area contributed by atoms with E-state index < -0.39 is 18.1 Å². The third-order valence-electron chi connectivity index (χ3n) is 8.48. The summed E-state index contributed by atoms with van der Waals surface area (Å²) in [7, 11) is 0. The molecular formula is C39H36N2O4. The van der Waals surface area contributed by atoms with E-state index >= 15 is 0 Å². The molecule has 0 bridgehead atoms. The van der Waals surface area contributed by atoms with E-state index in [0.29, 0.717) is 0 Å². The third-order valence-corrected chi connectivity index (χ3v) is 8.48. The number of anilines is 1. The first-order valence-electron chi connectivity index (χ1n) is 15.2. The summed E-state index contributed by atoms with van der Waals surface area (Å²) in [6.45, 7) is 3.57. The van der Waals surface area contributed by atoms with E-state index in [1.165, 1.54) is 11.1 Å². The summed E-state index contributed by atoms with van der Waals surface area (Å²) in [5, 5.41) is 12.6. The van der Waals surface area contributed by atoms with Gasteiger partial charge in [0.05, 0.1) is 0 Å². The van der Waals surface area contributed by atoms with Crippen molar-refractivity contribution in [3.05, 3.63) is 161 Å². The molecule has 0 heterocycles. The molecule has 45 heavy (non-hydrogen) atoms. The van der Waals surface area contributed by atoms with Crippen molar-refractivity contribution in [2.45, 2.75) is 38.4 Å². The maximum Gasteiger partial charge on any atom is 0.407 e. The number of hydrogen-bond acceptors (Lipinski definition) is 4. The number of aryl methyl sites for hydroxylation is 1. The molecule has 0 spiro atoms. The van der Waals surface area contributed by atoms with Crippen molar-refractivity contribution in [1.29, 1.82) is 0 Å². The zero-order valence-electron chi connectivity index (χ0n) is 25.2. The molecule has 1 aliphatic rings. The molecule has 0 aliphatic heterocycles. The van der Waals surface area contributed by atoms with Crippen molar-refractivity contribution < 1.29 is 19.4 Å². The molecule has 0 fully saturated rings. The standard InChI is InChI=1S/C39H36N2O4/c1-27-22-31(41(24-28-12-4-2-5-13-28)25-29-14-6-3-7-15-29)21-20-30(27)23-37(38(42)43)40-39(44)45-26-36-34-18-10-8-16-32(34)33-17-9-11-19-35(33)36/h2-22,36-37H,23-26H2,1H3,(H,40,44)(H,42,43). The van der Waals surface area contributed by atoms with Crippen LogP contribution in [0.4, 0.5) is 10.5 Å². The van der Waals surface area contributed by atoms with Gasteiger partial charge in [-0.05, 0) is 63.6 Å². The van der Waals surface area contributed by atoms with E-state index in [9.17, 15) is 14.7 Å². The average molecular weight is 597 g/mol. The van der Waals surface area contributed by atoms with Crippen molar-refractivity contribution in [3.63, 3.8) is 0 Å². The Morgan fingerprint density at radius 2 is 1.29 bits per heavy atom. The second kappa shape index (κ2) is 13.5. The first-order valence-corrected chi connectivity index (χ1v) is 15.2. The number of carboxylic acid groups (broad SMARTS) is 1. The number of nitrogens with one attached hydrogen (secondary N) is 1. The van der Waals surface area contributed by atoms with Crippen molar-refractivity contribution in [2.24, 2.45) is 0 Å². The molecule has 0 aromatic heterocycles. The van der Waals surface area contributed by atoms with Crippen LogP contribution in [0.15, 0.2) is 127 Å². The number of rotatable bonds is 11. The van der Waals surface area contributed by atoms with Crippen LogP contribution < -0.4 is 10.2 Å². The van der Waals surface area contributed by atoms with Crippen molar-refractivity contribution >= 4 is 17.7 Å². The van der Waals surface area contributed by atoms with E-state index in [2.05, 4.69) is 64.8 Å². The van der Waals surface area contributed by atoms with E-state index in [-0.39, 0.29) is 18.9 Å². The number of carboxylic acids is 1. The molecule has 1 atom stereocenters. The molecule has 1 unspecified atom stereocenters. The monoisotopic (exact) mass is 596 g/mol. The number of benzene rings is 5. The van der Waals surface area contributed by atoms with E-state index in [4.69, 9.17) is 4.74 Å². The summed E-state index contributed by atoms with van der Waals surface area (Å²) in [5.74, 6) is -1.21. The second-order valence-electron chi connectivity index (χ2n) is 11.5. The first-order chi connectivity index (χ1) is 22.0. The van der Waals surface area contributed by atoms with Crippen LogP contribution in [0.25, 0.3) is 11.1 Å². The first kappa shape index (κ1) is 29.7. The lowest BCUT2D eigenvalue weighted by Gasteiger charge is -2.26. The lowest BCUT2D eigenvalue weighted by molar-refractivity contribution is -0.139. The number of carbonyl (C=O) groups excluding carboxylic acids is 1. The van der Waals surface area contributed by atoms with Gasteiger partial charge in [-0.2, -0.15) is 0 Å². The Morgan fingerprint density at radius 1 is 0.756 bits per heavy atom. The number of amides is 1. The summed E-state index contributed by atoms with van der Waals surface area (Å²) in [5.41, 5.74) is 9.73. The van der Waals surface area contributed by atoms with Crippen LogP contribution >= 0.6 is 0 Å². The van der Waals surface area contributed by atoms with Crippen LogP contribution in [0.3, 0.4) is 0 Å². The largest absolute Gasteiger partial charge is 0.480 e. The summed E-state index contributed by atoms with van der Waals surface area (Å²) in [6.07, 6.45) is -0.598. The molecular weight excluding hydrogens is 560 g/mol. The highest BCUT2D eigenvalue weighted by molar-refractivity contribution is 5.81. The molecule has 5 aromatic carbocycles. The van der Waals surface area contributed by atoms with Gasteiger partial charge < -0.3 is 20.1 Å². The fourth-order valence-corrected chi connectivity index (χ4v) is 6.15. The fraction of sp³-hybridized carbons (Fsp3) is 0.179. The topological polar surface area (TPSA) is 78.9 Å². The van der Waals surface area contributed by atoms with E-state index in [0.717, 1.165) is 52.2 Å². The highest BCUT2D eigenvalue weighted by Gasteiger charge is 2.30. The molecule has 2 N–H and O–H groups in total. The summed E-state index contributed by atoms with van der Waals surface area (Å²) in [4.78, 5) is 27.5. The average Bonchev–Trinajstić information content (AvgIpc) is 3.38. The lowest BCUT2D eigenvalue weighted by Crippen LogP contribution is -2.43. The lowest BCUT2D eigenvalue weighted by atomic mass is 9.98. The molecule has 1 aliphatic carbocycles. The summed E-state index contributed by atoms with van der Waals surface area (Å²) in [6, 6.07) is 41.8. The predicted molar refractivity (Wildman–Crippen MR) is 177 cm³/mol. The Bertz CT molecular complexity index is 1700. The molecule has 6 rings (SSSR count). The maximum absolute atomic E-state index is 12.9. The van der Waals surface area contributed by atoms with E-state index in [1.54, 1.807) is 0 Å². The van der Waals surface area contributed by atoms with E-state index in [1.807, 2.05) is 79.7 Å². The van der Waals surface area contributed by atoms with Crippen LogP contribution in [0.1, 0.15) is 39.3 Å². The summed E-state index contributed by atoms with van der Waals surface area (Å²) >= 11 is 0. The van der Waals surface area contributed by atoms with Gasteiger partial charge in [0.1, 0.15) is 12.6 Å². The predicted octanol–water partition coefficient (Wildman–Crippen LogP) is 7.74. The van der Waals surface area contributed by atoms with Gasteiger partial charge in [-0.25, -0.2) is 9.59 Å². The van der Waals surface area contributed by atoms with Crippen molar-refractivity contribution in [2.75, 3.05) is 11.5 Å². The molecule has 0 saturated carbocycles. The Morgan fingerprint density at radius 3 is 1.82 bits per heavy atom. The number of aliphatic carboxylic acids is 1. The number of ether oxygens (including phenoxy) is 1. The smallest absolute Gasteiger partial charge is 0.407 e. The molecule has 0 saturated heterocycles. The van der Waals surface area contributed by atoms with Crippen LogP contribution in [-0.2, 0) is 29.0 Å². The quantitative estimate of drug-likeness (QED) is 0.163. The fourth-order valence-electron chi connectivity index (χ4n) is 6.15. The van der Waals surface area contributed by atoms with Crippen molar-refractivity contribution in [1.82, 2.24) is 5.32 Å². The molecule has 1 amide bonds. The molecule has 0 radical (unpaired) electrons. The number of hydrogen-bond donors (Lipinski definition) is 2. The Labute approximate surface area is 263 Å². The maximum atomic E-state index is 12.9. The minimum atomic E-state index is -1.13. The normalized spacial score (nSPS) is 12.6.